The molecule has 16 heavy (non-hydrogen) atoms. The summed E-state index contributed by atoms with van der Waals surface area (Å²) < 4.78 is 2.11. The lowest BCUT2D eigenvalue weighted by atomic mass is 10.4. The topological polar surface area (TPSA) is 42.7 Å². The Morgan fingerprint density at radius 1 is 1.50 bits per heavy atom. The number of pyridine rings is 1. The van der Waals surface area contributed by atoms with Gasteiger partial charge in [-0.25, -0.2) is 4.98 Å². The van der Waals surface area contributed by atoms with Gasteiger partial charge in [0.1, 0.15) is 5.82 Å². The number of aromatic nitrogens is 3. The van der Waals surface area contributed by atoms with E-state index in [1.165, 1.54) is 12.8 Å². The van der Waals surface area contributed by atoms with Crippen LogP contribution < -0.4 is 5.32 Å². The number of nitrogens with one attached hydrogen (secondary N) is 1. The second-order valence-corrected chi connectivity index (χ2v) is 4.53. The molecular weight excluding hydrogens is 200 g/mol. The Labute approximate surface area is 94.7 Å². The van der Waals surface area contributed by atoms with Gasteiger partial charge < -0.3 is 9.88 Å². The standard InChI is InChI=1S/C12H16N4/c1-16-11-7-13-5-4-10(11)15-12(16)8-14-6-9-2-3-9/h4-5,7,9,14H,2-3,6,8H2,1H3. The molecule has 3 rings (SSSR count). The molecule has 1 fully saturated rings. The molecule has 0 saturated heterocycles. The smallest absolute Gasteiger partial charge is 0.123 e. The summed E-state index contributed by atoms with van der Waals surface area (Å²) in [6, 6.07) is 1.96. The van der Waals surface area contributed by atoms with Gasteiger partial charge in [-0.3, -0.25) is 4.98 Å². The predicted molar refractivity (Wildman–Crippen MR) is 62.9 cm³/mol. The molecule has 2 aromatic rings. The molecule has 0 bridgehead atoms. The first-order valence-corrected chi connectivity index (χ1v) is 5.80. The van der Waals surface area contributed by atoms with Crippen LogP contribution in [-0.2, 0) is 13.6 Å². The molecule has 0 aromatic carbocycles. The fourth-order valence-electron chi connectivity index (χ4n) is 1.95. The molecule has 1 N–H and O–H groups in total. The third-order valence-corrected chi connectivity index (χ3v) is 3.19. The van der Waals surface area contributed by atoms with E-state index in [0.29, 0.717) is 0 Å². The molecule has 1 aliphatic carbocycles. The summed E-state index contributed by atoms with van der Waals surface area (Å²) >= 11 is 0. The van der Waals surface area contributed by atoms with Crippen LogP contribution in [0, 0.1) is 5.92 Å². The minimum atomic E-state index is 0.849. The third-order valence-electron chi connectivity index (χ3n) is 3.19. The van der Waals surface area contributed by atoms with Crippen molar-refractivity contribution in [3.05, 3.63) is 24.3 Å². The number of nitrogens with zero attached hydrogens (tertiary/aromatic N) is 3. The number of rotatable bonds is 4. The maximum Gasteiger partial charge on any atom is 0.123 e. The van der Waals surface area contributed by atoms with E-state index in [9.17, 15) is 0 Å². The third kappa shape index (κ3) is 1.80. The van der Waals surface area contributed by atoms with Gasteiger partial charge in [-0.05, 0) is 31.4 Å². The largest absolute Gasteiger partial charge is 0.329 e. The van der Waals surface area contributed by atoms with Crippen molar-refractivity contribution in [3.8, 4) is 0 Å². The lowest BCUT2D eigenvalue weighted by Gasteiger charge is -2.03. The summed E-state index contributed by atoms with van der Waals surface area (Å²) in [5.74, 6) is 2.00. The van der Waals surface area contributed by atoms with Gasteiger partial charge in [0.05, 0.1) is 23.8 Å². The first kappa shape index (κ1) is 9.78. The SMILES string of the molecule is Cn1c(CNCC2CC2)nc2ccncc21. The molecule has 2 heterocycles. The summed E-state index contributed by atoms with van der Waals surface area (Å²) in [4.78, 5) is 8.71. The monoisotopic (exact) mass is 216 g/mol. The maximum absolute atomic E-state index is 4.59. The number of aryl methyl sites for hydroxylation is 1. The minimum absolute atomic E-state index is 0.849. The van der Waals surface area contributed by atoms with Crippen LogP contribution in [0.3, 0.4) is 0 Å². The van der Waals surface area contributed by atoms with E-state index in [1.54, 1.807) is 6.20 Å². The van der Waals surface area contributed by atoms with Crippen molar-refractivity contribution in [2.45, 2.75) is 19.4 Å². The highest BCUT2D eigenvalue weighted by Gasteiger charge is 2.20. The molecule has 0 aliphatic heterocycles. The van der Waals surface area contributed by atoms with E-state index in [0.717, 1.165) is 35.9 Å². The molecular formula is C12H16N4. The van der Waals surface area contributed by atoms with Crippen molar-refractivity contribution in [3.63, 3.8) is 0 Å². The number of fused-ring (bicyclic) bond motifs is 1. The van der Waals surface area contributed by atoms with Crippen molar-refractivity contribution in [2.24, 2.45) is 13.0 Å². The summed E-state index contributed by atoms with van der Waals surface area (Å²) in [5.41, 5.74) is 2.13. The van der Waals surface area contributed by atoms with Crippen LogP contribution in [0.15, 0.2) is 18.5 Å². The first-order valence-electron chi connectivity index (χ1n) is 5.80. The zero-order valence-corrected chi connectivity index (χ0v) is 9.48. The Hall–Kier alpha value is -1.42. The highest BCUT2D eigenvalue weighted by molar-refractivity contribution is 5.74. The van der Waals surface area contributed by atoms with Crippen LogP contribution in [0.1, 0.15) is 18.7 Å². The molecule has 0 spiro atoms. The molecule has 84 valence electrons. The minimum Gasteiger partial charge on any atom is -0.329 e. The average molecular weight is 216 g/mol. The lowest BCUT2D eigenvalue weighted by molar-refractivity contribution is 0.607. The summed E-state index contributed by atoms with van der Waals surface area (Å²) in [5, 5.41) is 3.46. The fourth-order valence-corrected chi connectivity index (χ4v) is 1.95. The van der Waals surface area contributed by atoms with Crippen LogP contribution in [0.25, 0.3) is 11.0 Å². The predicted octanol–water partition coefficient (Wildman–Crippen LogP) is 1.47. The van der Waals surface area contributed by atoms with Gasteiger partial charge in [-0.1, -0.05) is 0 Å². The molecule has 2 aromatic heterocycles. The van der Waals surface area contributed by atoms with Gasteiger partial charge in [0.2, 0.25) is 0 Å². The van der Waals surface area contributed by atoms with Gasteiger partial charge in [-0.2, -0.15) is 0 Å². The van der Waals surface area contributed by atoms with E-state index >= 15 is 0 Å². The highest BCUT2D eigenvalue weighted by Crippen LogP contribution is 2.27. The fraction of sp³-hybridized carbons (Fsp3) is 0.500. The lowest BCUT2D eigenvalue weighted by Crippen LogP contribution is -2.18. The Balaban J connectivity index is 1.77. The van der Waals surface area contributed by atoms with Crippen molar-refractivity contribution in [1.82, 2.24) is 19.9 Å². The molecule has 0 unspecified atom stereocenters. The van der Waals surface area contributed by atoms with Crippen molar-refractivity contribution in [2.75, 3.05) is 6.54 Å². The highest BCUT2D eigenvalue weighted by atomic mass is 15.1. The van der Waals surface area contributed by atoms with Crippen LogP contribution >= 0.6 is 0 Å². The van der Waals surface area contributed by atoms with Crippen molar-refractivity contribution in [1.29, 1.82) is 0 Å². The number of imidazole rings is 1. The summed E-state index contributed by atoms with van der Waals surface area (Å²) in [7, 11) is 2.05. The summed E-state index contributed by atoms with van der Waals surface area (Å²) in [6.07, 6.45) is 6.43. The molecule has 1 saturated carbocycles. The van der Waals surface area contributed by atoms with Crippen LogP contribution in [0.4, 0.5) is 0 Å². The Bertz CT molecular complexity index is 499. The number of hydrogen-bond donors (Lipinski definition) is 1. The molecule has 1 aliphatic rings. The molecule has 0 amide bonds. The van der Waals surface area contributed by atoms with Gasteiger partial charge in [0.25, 0.3) is 0 Å². The van der Waals surface area contributed by atoms with E-state index in [2.05, 4.69) is 19.9 Å². The second-order valence-electron chi connectivity index (χ2n) is 4.53. The van der Waals surface area contributed by atoms with Crippen LogP contribution in [0.5, 0.6) is 0 Å². The Morgan fingerprint density at radius 2 is 2.38 bits per heavy atom. The Morgan fingerprint density at radius 3 is 3.12 bits per heavy atom. The van der Waals surface area contributed by atoms with Gasteiger partial charge in [0, 0.05) is 13.2 Å². The van der Waals surface area contributed by atoms with Crippen LogP contribution in [0.2, 0.25) is 0 Å². The normalized spacial score (nSPS) is 15.8. The molecule has 4 heteroatoms. The van der Waals surface area contributed by atoms with E-state index in [4.69, 9.17) is 0 Å². The number of hydrogen-bond acceptors (Lipinski definition) is 3. The van der Waals surface area contributed by atoms with Gasteiger partial charge in [0.15, 0.2) is 0 Å². The second kappa shape index (κ2) is 3.87. The maximum atomic E-state index is 4.59. The summed E-state index contributed by atoms with van der Waals surface area (Å²) in [6.45, 7) is 1.98. The zero-order chi connectivity index (χ0) is 11.0. The van der Waals surface area contributed by atoms with E-state index in [-0.39, 0.29) is 0 Å². The first-order chi connectivity index (χ1) is 7.84. The van der Waals surface area contributed by atoms with Crippen LogP contribution in [-0.4, -0.2) is 21.1 Å². The molecule has 4 nitrogen and oxygen atoms in total. The quantitative estimate of drug-likeness (QED) is 0.841. The molecule has 0 radical (unpaired) electrons. The van der Waals surface area contributed by atoms with E-state index in [1.807, 2.05) is 19.3 Å². The zero-order valence-electron chi connectivity index (χ0n) is 9.48. The van der Waals surface area contributed by atoms with Gasteiger partial charge >= 0.3 is 0 Å². The van der Waals surface area contributed by atoms with E-state index < -0.39 is 0 Å². The van der Waals surface area contributed by atoms with Gasteiger partial charge in [-0.15, -0.1) is 0 Å². The van der Waals surface area contributed by atoms with Crippen molar-refractivity contribution >= 4 is 11.0 Å². The molecule has 0 atom stereocenters. The average Bonchev–Trinajstić information content (AvgIpc) is 3.06. The van der Waals surface area contributed by atoms with Crippen molar-refractivity contribution < 1.29 is 0 Å². The Kier molecular flexibility index (Phi) is 2.36.